The minimum atomic E-state index is -2.65. The SMILES string of the molecule is CC(=O)OC1CCCCC1c1ccc(OC2(O)OC=C(O)C(O)=C2O)cc1. The van der Waals surface area contributed by atoms with Gasteiger partial charge in [0.15, 0.2) is 5.76 Å². The van der Waals surface area contributed by atoms with Crippen LogP contribution in [0.5, 0.6) is 5.75 Å². The van der Waals surface area contributed by atoms with Crippen LogP contribution in [-0.2, 0) is 14.3 Å². The number of hydrogen-bond donors (Lipinski definition) is 4. The van der Waals surface area contributed by atoms with Gasteiger partial charge in [0.2, 0.25) is 5.76 Å². The van der Waals surface area contributed by atoms with Crippen molar-refractivity contribution < 1.29 is 39.4 Å². The Balaban J connectivity index is 1.75. The Morgan fingerprint density at radius 1 is 1.15 bits per heavy atom. The molecular formula is C19H22O8. The molecule has 1 fully saturated rings. The van der Waals surface area contributed by atoms with Gasteiger partial charge in [-0.3, -0.25) is 4.79 Å². The van der Waals surface area contributed by atoms with Crippen molar-refractivity contribution in [2.45, 2.75) is 50.6 Å². The van der Waals surface area contributed by atoms with Gasteiger partial charge in [0.25, 0.3) is 5.76 Å². The molecule has 1 saturated carbocycles. The van der Waals surface area contributed by atoms with Crippen LogP contribution in [0.4, 0.5) is 0 Å². The van der Waals surface area contributed by atoms with Crippen LogP contribution in [0.25, 0.3) is 0 Å². The molecule has 0 bridgehead atoms. The predicted molar refractivity (Wildman–Crippen MR) is 92.9 cm³/mol. The lowest BCUT2D eigenvalue weighted by Gasteiger charge is -2.32. The van der Waals surface area contributed by atoms with E-state index < -0.39 is 23.3 Å². The third-order valence-electron chi connectivity index (χ3n) is 4.68. The molecule has 8 nitrogen and oxygen atoms in total. The molecule has 8 heteroatoms. The van der Waals surface area contributed by atoms with E-state index in [4.69, 9.17) is 14.2 Å². The minimum Gasteiger partial charge on any atom is -0.502 e. The third-order valence-corrected chi connectivity index (χ3v) is 4.68. The van der Waals surface area contributed by atoms with Gasteiger partial charge in [0.1, 0.15) is 18.1 Å². The van der Waals surface area contributed by atoms with Gasteiger partial charge in [-0.1, -0.05) is 18.6 Å². The van der Waals surface area contributed by atoms with Crippen LogP contribution < -0.4 is 4.74 Å². The van der Waals surface area contributed by atoms with E-state index in [9.17, 15) is 25.2 Å². The topological polar surface area (TPSA) is 126 Å². The number of benzene rings is 1. The zero-order valence-electron chi connectivity index (χ0n) is 14.8. The summed E-state index contributed by atoms with van der Waals surface area (Å²) in [7, 11) is 0. The number of ether oxygens (including phenoxy) is 3. The molecule has 1 aromatic carbocycles. The minimum absolute atomic E-state index is 0.0722. The van der Waals surface area contributed by atoms with Gasteiger partial charge < -0.3 is 34.6 Å². The highest BCUT2D eigenvalue weighted by Gasteiger charge is 2.44. The first kappa shape index (κ1) is 18.9. The van der Waals surface area contributed by atoms with Crippen molar-refractivity contribution in [3.8, 4) is 5.75 Å². The Hall–Kier alpha value is -2.87. The Labute approximate surface area is 155 Å². The maximum absolute atomic E-state index is 11.3. The molecule has 0 saturated heterocycles. The van der Waals surface area contributed by atoms with Crippen LogP contribution >= 0.6 is 0 Å². The number of rotatable bonds is 4. The van der Waals surface area contributed by atoms with Gasteiger partial charge in [0.05, 0.1) is 0 Å². The van der Waals surface area contributed by atoms with Gasteiger partial charge in [-0.15, -0.1) is 0 Å². The standard InChI is InChI=1S/C19H22O8/c1-11(20)26-16-5-3-2-4-14(16)12-6-8-13(9-7-12)27-19(24)18(23)17(22)15(21)10-25-19/h6-10,14,16,21-24H,2-5H2,1H3. The molecule has 1 aliphatic heterocycles. The first-order valence-electron chi connectivity index (χ1n) is 8.68. The fraction of sp³-hybridized carbons (Fsp3) is 0.421. The summed E-state index contributed by atoms with van der Waals surface area (Å²) in [5, 5.41) is 38.8. The molecule has 3 rings (SSSR count). The zero-order valence-corrected chi connectivity index (χ0v) is 14.8. The monoisotopic (exact) mass is 378 g/mol. The van der Waals surface area contributed by atoms with Crippen molar-refractivity contribution in [2.75, 3.05) is 0 Å². The number of carbonyl (C=O) groups is 1. The van der Waals surface area contributed by atoms with E-state index in [2.05, 4.69) is 0 Å². The lowest BCUT2D eigenvalue weighted by atomic mass is 9.81. The van der Waals surface area contributed by atoms with Gasteiger partial charge >= 0.3 is 11.9 Å². The number of aliphatic hydroxyl groups is 4. The predicted octanol–water partition coefficient (Wildman–Crippen LogP) is 3.06. The molecule has 2 aliphatic rings. The summed E-state index contributed by atoms with van der Waals surface area (Å²) in [6, 6.07) is 6.70. The van der Waals surface area contributed by atoms with Gasteiger partial charge in [-0.25, -0.2) is 0 Å². The molecule has 0 spiro atoms. The summed E-state index contributed by atoms with van der Waals surface area (Å²) >= 11 is 0. The van der Waals surface area contributed by atoms with E-state index in [-0.39, 0.29) is 23.7 Å². The molecule has 3 atom stereocenters. The van der Waals surface area contributed by atoms with Crippen LogP contribution in [0.1, 0.15) is 44.1 Å². The molecule has 27 heavy (non-hydrogen) atoms. The van der Waals surface area contributed by atoms with Crippen molar-refractivity contribution >= 4 is 5.97 Å². The number of esters is 1. The van der Waals surface area contributed by atoms with Crippen molar-refractivity contribution in [1.82, 2.24) is 0 Å². The lowest BCUT2D eigenvalue weighted by Crippen LogP contribution is -2.42. The van der Waals surface area contributed by atoms with Crippen LogP contribution in [0.3, 0.4) is 0 Å². The summed E-state index contributed by atoms with van der Waals surface area (Å²) in [6.45, 7) is 1.40. The summed E-state index contributed by atoms with van der Waals surface area (Å²) in [5.41, 5.74) is 0.963. The summed E-state index contributed by atoms with van der Waals surface area (Å²) in [5.74, 6) is -5.45. The second-order valence-electron chi connectivity index (χ2n) is 6.61. The molecule has 1 aromatic rings. The first-order chi connectivity index (χ1) is 12.8. The van der Waals surface area contributed by atoms with Crippen LogP contribution in [0, 0.1) is 0 Å². The highest BCUT2D eigenvalue weighted by molar-refractivity contribution is 5.66. The fourth-order valence-electron chi connectivity index (χ4n) is 3.37. The second-order valence-corrected chi connectivity index (χ2v) is 6.61. The number of carbonyl (C=O) groups excluding carboxylic acids is 1. The van der Waals surface area contributed by atoms with Crippen LogP contribution in [0.2, 0.25) is 0 Å². The van der Waals surface area contributed by atoms with Crippen molar-refractivity contribution in [3.63, 3.8) is 0 Å². The quantitative estimate of drug-likeness (QED) is 0.465. The van der Waals surface area contributed by atoms with Gasteiger partial charge in [-0.05, 0) is 37.0 Å². The maximum atomic E-state index is 11.3. The number of aliphatic hydroxyl groups excluding tert-OH is 3. The van der Waals surface area contributed by atoms with Crippen molar-refractivity contribution in [1.29, 1.82) is 0 Å². The van der Waals surface area contributed by atoms with Gasteiger partial charge in [-0.2, -0.15) is 0 Å². The molecule has 1 aliphatic carbocycles. The van der Waals surface area contributed by atoms with E-state index >= 15 is 0 Å². The highest BCUT2D eigenvalue weighted by Crippen LogP contribution is 2.36. The highest BCUT2D eigenvalue weighted by atomic mass is 16.8. The van der Waals surface area contributed by atoms with Gasteiger partial charge in [0, 0.05) is 12.8 Å². The van der Waals surface area contributed by atoms with E-state index in [1.807, 2.05) is 0 Å². The Bertz CT molecular complexity index is 766. The Morgan fingerprint density at radius 3 is 2.48 bits per heavy atom. The average Bonchev–Trinajstić information content (AvgIpc) is 2.64. The second kappa shape index (κ2) is 7.40. The summed E-state index contributed by atoms with van der Waals surface area (Å²) < 4.78 is 15.4. The van der Waals surface area contributed by atoms with Crippen LogP contribution in [0.15, 0.2) is 47.8 Å². The largest absolute Gasteiger partial charge is 0.502 e. The molecule has 3 unspecified atom stereocenters. The molecule has 4 N–H and O–H groups in total. The molecule has 0 amide bonds. The Kier molecular flexibility index (Phi) is 5.18. The van der Waals surface area contributed by atoms with E-state index in [1.165, 1.54) is 6.92 Å². The van der Waals surface area contributed by atoms with E-state index in [1.54, 1.807) is 24.3 Å². The summed E-state index contributed by atoms with van der Waals surface area (Å²) in [4.78, 5) is 11.3. The average molecular weight is 378 g/mol. The smallest absolute Gasteiger partial charge is 0.436 e. The normalized spacial score (nSPS) is 28.1. The Morgan fingerprint density at radius 2 is 1.81 bits per heavy atom. The van der Waals surface area contributed by atoms with Crippen molar-refractivity contribution in [3.05, 3.63) is 53.4 Å². The molecule has 0 radical (unpaired) electrons. The van der Waals surface area contributed by atoms with Crippen molar-refractivity contribution in [2.24, 2.45) is 0 Å². The molecule has 1 heterocycles. The lowest BCUT2D eigenvalue weighted by molar-refractivity contribution is -0.288. The van der Waals surface area contributed by atoms with Crippen LogP contribution in [-0.4, -0.2) is 38.5 Å². The third kappa shape index (κ3) is 3.95. The fourth-order valence-corrected chi connectivity index (χ4v) is 3.37. The summed E-state index contributed by atoms with van der Waals surface area (Å²) in [6.07, 6.45) is 4.24. The first-order valence-corrected chi connectivity index (χ1v) is 8.68. The molecule has 0 aromatic heterocycles. The zero-order chi connectivity index (χ0) is 19.6. The van der Waals surface area contributed by atoms with E-state index in [0.29, 0.717) is 6.26 Å². The molecular weight excluding hydrogens is 356 g/mol. The molecule has 146 valence electrons. The van der Waals surface area contributed by atoms with E-state index in [0.717, 1.165) is 31.2 Å². The maximum Gasteiger partial charge on any atom is 0.436 e. The number of hydrogen-bond acceptors (Lipinski definition) is 8.